The molecule has 0 atom stereocenters. The third-order valence-corrected chi connectivity index (χ3v) is 11.5. The Hall–Kier alpha value is -8.17. The van der Waals surface area contributed by atoms with Crippen LogP contribution in [0.2, 0.25) is 0 Å². The number of aromatic hydroxyl groups is 2. The van der Waals surface area contributed by atoms with Gasteiger partial charge in [-0.15, -0.1) is 0 Å². The van der Waals surface area contributed by atoms with E-state index in [0.29, 0.717) is 69.7 Å². The zero-order valence-electron chi connectivity index (χ0n) is 45.7. The first kappa shape index (κ1) is 79.1. The third kappa shape index (κ3) is 38.2. The molecule has 0 unspecified atom stereocenters. The third-order valence-electron chi connectivity index (χ3n) is 9.20. The summed E-state index contributed by atoms with van der Waals surface area (Å²) in [6, 6.07) is 24.6. The molecule has 0 saturated heterocycles. The molecule has 0 fully saturated rings. The molecule has 6 N–H and O–H groups in total. The van der Waals surface area contributed by atoms with E-state index in [1.807, 2.05) is 72.2 Å². The quantitative estimate of drug-likeness (QED) is 0.0195. The number of aryl methyl sites for hydroxylation is 2. The topological polar surface area (TPSA) is 459 Å². The first-order valence-corrected chi connectivity index (χ1v) is 27.3. The number of nitrogens with zero attached hydrogens (tertiary/aromatic N) is 17. The van der Waals surface area contributed by atoms with E-state index in [2.05, 4.69) is 102 Å². The lowest BCUT2D eigenvalue weighted by molar-refractivity contribution is -0.0000207. The number of azide groups is 5. The summed E-state index contributed by atoms with van der Waals surface area (Å²) in [6.07, 6.45) is 5.86. The molecule has 29 nitrogen and oxygen atoms in total. The van der Waals surface area contributed by atoms with Crippen LogP contribution in [0, 0.1) is 27.7 Å². The van der Waals surface area contributed by atoms with Crippen LogP contribution in [0.3, 0.4) is 0 Å². The van der Waals surface area contributed by atoms with Gasteiger partial charge in [-0.25, -0.2) is 0 Å². The van der Waals surface area contributed by atoms with E-state index >= 15 is 0 Å². The number of rotatable bonds is 19. The predicted molar refractivity (Wildman–Crippen MR) is 325 cm³/mol. The number of pyridine rings is 2. The molecule has 0 bridgehead atoms. The minimum atomic E-state index is -0.404. The highest BCUT2D eigenvalue weighted by atomic mass is 79.9. The Morgan fingerprint density at radius 2 is 0.867 bits per heavy atom. The molecule has 6 aromatic rings. The van der Waals surface area contributed by atoms with Gasteiger partial charge in [0.15, 0.2) is 11.5 Å². The summed E-state index contributed by atoms with van der Waals surface area (Å²) < 4.78 is 24.4. The van der Waals surface area contributed by atoms with Crippen LogP contribution in [-0.2, 0) is 26.3 Å². The molecule has 0 amide bonds. The van der Waals surface area contributed by atoms with Gasteiger partial charge in [0.25, 0.3) is 0 Å². The van der Waals surface area contributed by atoms with Crippen LogP contribution in [0.1, 0.15) is 34.0 Å². The fourth-order valence-electron chi connectivity index (χ4n) is 5.29. The maximum atomic E-state index is 11.9. The fraction of sp³-hybridized carbons (Fsp3) is 0.360. The zero-order chi connectivity index (χ0) is 61.8. The van der Waals surface area contributed by atoms with E-state index in [4.69, 9.17) is 58.1 Å². The first-order chi connectivity index (χ1) is 39.5. The van der Waals surface area contributed by atoms with Crippen molar-refractivity contribution in [1.29, 1.82) is 0 Å². The van der Waals surface area contributed by atoms with Crippen molar-refractivity contribution in [3.05, 3.63) is 237 Å². The number of aromatic nitrogens is 2. The highest BCUT2D eigenvalue weighted by molar-refractivity contribution is 9.12. The van der Waals surface area contributed by atoms with E-state index in [9.17, 15) is 24.3 Å². The van der Waals surface area contributed by atoms with E-state index < -0.39 is 10.9 Å². The standard InChI is InChI=1S/C15H16N4O2.C13H12O3.C8H10N4O2.C6H6O3.C2H4Br2.C2H6BrN.C2H4N6.C2H6N4.BrH/c1-12-15(21-11-13-5-3-2-4-6-13)14(20)7-9-19(12)10-8-17-18-16;1-10-13(12(14)7-8-15-10)16-9-11-5-3-2-4-6-11;1-6-8(14)7(13)2-4-12(6)5-3-10-11-9;1-4-6(8)5(7)2-3-9-4;2*3-1-2-4;3-7-5-1-2-6-8-4;3-1-2-5-6-4;/h2-7,9H,8,10-11H2,1H3;2-8H,9H2,1H3;2,4,14H,3,5H2,1H3;2-3,8H,1H3;1-2H2;1-2,4H2;1-2H2;1-3H2;1H/p-1. The van der Waals surface area contributed by atoms with Crippen LogP contribution >= 0.6 is 47.8 Å². The maximum absolute atomic E-state index is 11.9. The molecule has 0 saturated carbocycles. The molecule has 2 aromatic carbocycles. The number of nitrogens with two attached hydrogens (primary N) is 2. The van der Waals surface area contributed by atoms with Crippen molar-refractivity contribution in [2.24, 2.45) is 37.0 Å². The highest BCUT2D eigenvalue weighted by Crippen LogP contribution is 2.15. The van der Waals surface area contributed by atoms with Crippen LogP contribution in [0.15, 0.2) is 163 Å². The second kappa shape index (κ2) is 53.2. The Kier molecular flexibility index (Phi) is 50.6. The molecule has 4 heterocycles. The molecular weight excluding hydrogens is 1350 g/mol. The lowest BCUT2D eigenvalue weighted by Gasteiger charge is -2.14. The van der Waals surface area contributed by atoms with Gasteiger partial charge in [-0.2, -0.15) is 0 Å². The molecule has 0 spiro atoms. The van der Waals surface area contributed by atoms with Crippen LogP contribution < -0.4 is 59.6 Å². The smallest absolute Gasteiger partial charge is 0.227 e. The Morgan fingerprint density at radius 1 is 0.494 bits per heavy atom. The van der Waals surface area contributed by atoms with E-state index in [-0.39, 0.29) is 63.9 Å². The van der Waals surface area contributed by atoms with Crippen molar-refractivity contribution in [2.45, 2.75) is 54.0 Å². The molecule has 6 rings (SSSR count). The molecular formula is C50H64Br4N19O10-. The number of halogens is 4. The summed E-state index contributed by atoms with van der Waals surface area (Å²) in [5.41, 5.74) is 51.4. The van der Waals surface area contributed by atoms with Crippen LogP contribution in [0.5, 0.6) is 23.0 Å². The van der Waals surface area contributed by atoms with Gasteiger partial charge in [-0.1, -0.05) is 134 Å². The van der Waals surface area contributed by atoms with Gasteiger partial charge in [0.05, 0.1) is 23.9 Å². The average Bonchev–Trinajstić information content (AvgIpc) is 3.51. The van der Waals surface area contributed by atoms with Crippen molar-refractivity contribution < 1.29 is 45.5 Å². The monoisotopic (exact) mass is 1410 g/mol. The Morgan fingerprint density at radius 3 is 1.25 bits per heavy atom. The van der Waals surface area contributed by atoms with Gasteiger partial charge in [0.2, 0.25) is 33.2 Å². The van der Waals surface area contributed by atoms with Crippen molar-refractivity contribution in [2.75, 3.05) is 61.8 Å². The van der Waals surface area contributed by atoms with Crippen LogP contribution in [0.25, 0.3) is 52.2 Å². The van der Waals surface area contributed by atoms with E-state index in [1.165, 1.54) is 43.7 Å². The van der Waals surface area contributed by atoms with Crippen molar-refractivity contribution >= 4 is 47.8 Å². The number of ether oxygens (including phenoxy) is 2. The van der Waals surface area contributed by atoms with Gasteiger partial charge in [0.1, 0.15) is 24.7 Å². The molecule has 0 aliphatic carbocycles. The van der Waals surface area contributed by atoms with Gasteiger partial charge in [-0.3, -0.25) is 19.2 Å². The number of benzene rings is 2. The molecule has 0 aliphatic rings. The normalized spacial score (nSPS) is 8.93. The lowest BCUT2D eigenvalue weighted by Crippen LogP contribution is -3.00. The van der Waals surface area contributed by atoms with Gasteiger partial charge in [-0.05, 0) is 73.0 Å². The van der Waals surface area contributed by atoms with Gasteiger partial charge >= 0.3 is 0 Å². The molecule has 448 valence electrons. The molecule has 4 aromatic heterocycles. The van der Waals surface area contributed by atoms with Gasteiger partial charge in [0, 0.05) is 130 Å². The minimum Gasteiger partial charge on any atom is -1.00 e. The maximum Gasteiger partial charge on any atom is 0.227 e. The summed E-state index contributed by atoms with van der Waals surface area (Å²) in [5, 5.41) is 37.4. The average molecular weight is 1410 g/mol. The SMILES string of the molecule is BrCCBr.Cc1c(O)c(=O)ccn1CCN=[N+]=[N-].Cc1c(OCc2ccccc2)c(=O)ccn1CCN=[N+]=[N-].Cc1occc(=O)c1O.Cc1occc(=O)c1OCc1ccccc1.NCCBr.[Br-].[N-]=[N+]=NCCN.[N-]=[N+]=NCCN=[N+]=[N-]. The molecule has 83 heavy (non-hydrogen) atoms. The Bertz CT molecular complexity index is 3210. The minimum absolute atomic E-state index is 0. The molecule has 0 aliphatic heterocycles. The summed E-state index contributed by atoms with van der Waals surface area (Å²) in [7, 11) is 0. The summed E-state index contributed by atoms with van der Waals surface area (Å²) >= 11 is 9.53. The predicted octanol–water partition coefficient (Wildman–Crippen LogP) is 8.38. The van der Waals surface area contributed by atoms with E-state index in [1.54, 1.807) is 30.8 Å². The van der Waals surface area contributed by atoms with Crippen LogP contribution in [0.4, 0.5) is 0 Å². The molecule has 33 heteroatoms. The number of hydrogen-bond donors (Lipinski definition) is 4. The van der Waals surface area contributed by atoms with Crippen molar-refractivity contribution in [1.82, 2.24) is 9.13 Å². The summed E-state index contributed by atoms with van der Waals surface area (Å²) in [4.78, 5) is 57.6. The second-order valence-electron chi connectivity index (χ2n) is 14.9. The summed E-state index contributed by atoms with van der Waals surface area (Å²) in [6.45, 7) is 11.0. The highest BCUT2D eigenvalue weighted by Gasteiger charge is 2.10. The molecule has 0 radical (unpaired) electrons. The number of hydrogen-bond acceptors (Lipinski definition) is 17. The fourth-order valence-corrected chi connectivity index (χ4v) is 5.29. The zero-order valence-corrected chi connectivity index (χ0v) is 52.1. The summed E-state index contributed by atoms with van der Waals surface area (Å²) in [5.74, 6) is 0.811. The number of alkyl halides is 3. The Labute approximate surface area is 512 Å². The largest absolute Gasteiger partial charge is 1.00 e. The van der Waals surface area contributed by atoms with Gasteiger partial charge < -0.3 is 66.1 Å². The van der Waals surface area contributed by atoms with Crippen molar-refractivity contribution in [3.63, 3.8) is 0 Å². The van der Waals surface area contributed by atoms with Crippen LogP contribution in [-0.4, -0.2) is 81.2 Å². The van der Waals surface area contributed by atoms with Crippen molar-refractivity contribution in [3.8, 4) is 23.0 Å². The van der Waals surface area contributed by atoms with E-state index in [0.717, 1.165) is 39.4 Å². The Balaban J connectivity index is -0.000000934. The second-order valence-corrected chi connectivity index (χ2v) is 17.3. The first-order valence-electron chi connectivity index (χ1n) is 23.9. The lowest BCUT2D eigenvalue weighted by atomic mass is 10.2.